The largest absolute Gasteiger partial charge is 0.480 e. The molecule has 108 valence electrons. The van der Waals surface area contributed by atoms with E-state index in [1.54, 1.807) is 4.68 Å². The number of carbonyl (C=O) groups excluding carboxylic acids is 1. The predicted octanol–water partition coefficient (Wildman–Crippen LogP) is 0.693. The highest BCUT2D eigenvalue weighted by molar-refractivity contribution is 5.77. The lowest BCUT2D eigenvalue weighted by molar-refractivity contribution is -0.123. The Hall–Kier alpha value is -1.56. The van der Waals surface area contributed by atoms with Gasteiger partial charge in [-0.3, -0.25) is 9.48 Å². The number of hydrogen-bond acceptors (Lipinski definition) is 4. The van der Waals surface area contributed by atoms with Crippen LogP contribution < -0.4 is 10.1 Å². The molecule has 1 rings (SSSR count). The standard InChI is InChI=1S/C13H23N3O3/c1-5-11(6-7-17)14-12(18)8-19-13-9(2)15-16(4)10(13)3/h11,17H,5-8H2,1-4H3,(H,14,18). The van der Waals surface area contributed by atoms with Gasteiger partial charge in [0.25, 0.3) is 5.91 Å². The van der Waals surface area contributed by atoms with E-state index >= 15 is 0 Å². The molecule has 0 saturated carbocycles. The molecule has 1 heterocycles. The first kappa shape index (κ1) is 15.5. The molecule has 1 atom stereocenters. The summed E-state index contributed by atoms with van der Waals surface area (Å²) in [6, 6.07) is -0.00260. The monoisotopic (exact) mass is 269 g/mol. The molecule has 0 aliphatic rings. The van der Waals surface area contributed by atoms with E-state index in [0.717, 1.165) is 17.8 Å². The van der Waals surface area contributed by atoms with Gasteiger partial charge < -0.3 is 15.2 Å². The highest BCUT2D eigenvalue weighted by atomic mass is 16.5. The lowest BCUT2D eigenvalue weighted by Crippen LogP contribution is -2.38. The summed E-state index contributed by atoms with van der Waals surface area (Å²) in [5.74, 6) is 0.482. The topological polar surface area (TPSA) is 76.4 Å². The molecule has 6 heteroatoms. The molecule has 0 aromatic carbocycles. The van der Waals surface area contributed by atoms with E-state index in [-0.39, 0.29) is 25.2 Å². The summed E-state index contributed by atoms with van der Waals surface area (Å²) in [7, 11) is 1.84. The predicted molar refractivity (Wildman–Crippen MR) is 72.1 cm³/mol. The quantitative estimate of drug-likeness (QED) is 0.763. The number of aliphatic hydroxyl groups excluding tert-OH is 1. The van der Waals surface area contributed by atoms with E-state index in [2.05, 4.69) is 10.4 Å². The number of hydrogen-bond donors (Lipinski definition) is 2. The Labute approximate surface area is 113 Å². The second-order valence-electron chi connectivity index (χ2n) is 4.60. The van der Waals surface area contributed by atoms with Gasteiger partial charge in [0.2, 0.25) is 0 Å². The SMILES string of the molecule is CCC(CCO)NC(=O)COc1c(C)nn(C)c1C. The van der Waals surface area contributed by atoms with E-state index in [9.17, 15) is 4.79 Å². The number of aryl methyl sites for hydroxylation is 2. The van der Waals surface area contributed by atoms with Crippen LogP contribution in [0.2, 0.25) is 0 Å². The third-order valence-corrected chi connectivity index (χ3v) is 3.13. The van der Waals surface area contributed by atoms with Gasteiger partial charge in [0.1, 0.15) is 5.69 Å². The van der Waals surface area contributed by atoms with E-state index in [4.69, 9.17) is 9.84 Å². The number of aliphatic hydroxyl groups is 1. The van der Waals surface area contributed by atoms with Crippen LogP contribution in [0.1, 0.15) is 31.2 Å². The zero-order valence-corrected chi connectivity index (χ0v) is 12.1. The molecule has 0 aliphatic heterocycles. The van der Waals surface area contributed by atoms with Gasteiger partial charge in [0, 0.05) is 19.7 Å². The molecule has 0 aliphatic carbocycles. The fourth-order valence-electron chi connectivity index (χ4n) is 1.90. The van der Waals surface area contributed by atoms with Crippen LogP contribution in [0, 0.1) is 13.8 Å². The van der Waals surface area contributed by atoms with Crippen LogP contribution in [0.15, 0.2) is 0 Å². The fraction of sp³-hybridized carbons (Fsp3) is 0.692. The summed E-state index contributed by atoms with van der Waals surface area (Å²) in [6.07, 6.45) is 1.35. The molecule has 6 nitrogen and oxygen atoms in total. The van der Waals surface area contributed by atoms with E-state index in [1.165, 1.54) is 0 Å². The summed E-state index contributed by atoms with van der Waals surface area (Å²) < 4.78 is 7.24. The van der Waals surface area contributed by atoms with Crippen molar-refractivity contribution in [3.05, 3.63) is 11.4 Å². The second kappa shape index (κ2) is 7.13. The van der Waals surface area contributed by atoms with Crippen molar-refractivity contribution < 1.29 is 14.6 Å². The summed E-state index contributed by atoms with van der Waals surface area (Å²) in [4.78, 5) is 11.7. The first-order valence-electron chi connectivity index (χ1n) is 6.52. The van der Waals surface area contributed by atoms with Crippen molar-refractivity contribution in [1.82, 2.24) is 15.1 Å². The molecule has 0 spiro atoms. The summed E-state index contributed by atoms with van der Waals surface area (Å²) in [5.41, 5.74) is 1.67. The van der Waals surface area contributed by atoms with Gasteiger partial charge >= 0.3 is 0 Å². The molecule has 19 heavy (non-hydrogen) atoms. The molecule has 0 saturated heterocycles. The molecule has 1 aromatic heterocycles. The van der Waals surface area contributed by atoms with Crippen molar-refractivity contribution >= 4 is 5.91 Å². The average Bonchev–Trinajstić information content (AvgIpc) is 2.60. The van der Waals surface area contributed by atoms with Crippen LogP contribution in [0.4, 0.5) is 0 Å². The highest BCUT2D eigenvalue weighted by Crippen LogP contribution is 2.20. The maximum absolute atomic E-state index is 11.7. The Morgan fingerprint density at radius 2 is 2.21 bits per heavy atom. The Kier molecular flexibility index (Phi) is 5.82. The Morgan fingerprint density at radius 3 is 2.68 bits per heavy atom. The lowest BCUT2D eigenvalue weighted by atomic mass is 10.1. The van der Waals surface area contributed by atoms with Crippen molar-refractivity contribution in [2.75, 3.05) is 13.2 Å². The van der Waals surface area contributed by atoms with Gasteiger partial charge in [-0.25, -0.2) is 0 Å². The van der Waals surface area contributed by atoms with Gasteiger partial charge in [-0.05, 0) is 26.7 Å². The second-order valence-corrected chi connectivity index (χ2v) is 4.60. The zero-order valence-electron chi connectivity index (χ0n) is 12.1. The molecular weight excluding hydrogens is 246 g/mol. The average molecular weight is 269 g/mol. The number of rotatable bonds is 7. The smallest absolute Gasteiger partial charge is 0.258 e. The molecule has 0 fully saturated rings. The van der Waals surface area contributed by atoms with E-state index in [1.807, 2.05) is 27.8 Å². The van der Waals surface area contributed by atoms with Crippen LogP contribution in [0.3, 0.4) is 0 Å². The van der Waals surface area contributed by atoms with Crippen molar-refractivity contribution in [2.45, 2.75) is 39.7 Å². The van der Waals surface area contributed by atoms with Crippen molar-refractivity contribution in [2.24, 2.45) is 7.05 Å². The first-order chi connectivity index (χ1) is 8.99. The van der Waals surface area contributed by atoms with Gasteiger partial charge in [-0.15, -0.1) is 0 Å². The third kappa shape index (κ3) is 4.24. The Balaban J connectivity index is 2.50. The minimum absolute atomic E-state index is 0.00260. The summed E-state index contributed by atoms with van der Waals surface area (Å²) >= 11 is 0. The fourth-order valence-corrected chi connectivity index (χ4v) is 1.90. The molecule has 0 bridgehead atoms. The maximum Gasteiger partial charge on any atom is 0.258 e. The molecule has 0 radical (unpaired) electrons. The van der Waals surface area contributed by atoms with Gasteiger partial charge in [-0.2, -0.15) is 5.10 Å². The minimum atomic E-state index is -0.178. The van der Waals surface area contributed by atoms with Gasteiger partial charge in [0.05, 0.1) is 5.69 Å². The van der Waals surface area contributed by atoms with Crippen LogP contribution in [0.5, 0.6) is 5.75 Å². The first-order valence-corrected chi connectivity index (χ1v) is 6.52. The number of ether oxygens (including phenoxy) is 1. The molecule has 2 N–H and O–H groups in total. The van der Waals surface area contributed by atoms with Crippen molar-refractivity contribution in [1.29, 1.82) is 0 Å². The lowest BCUT2D eigenvalue weighted by Gasteiger charge is -2.15. The van der Waals surface area contributed by atoms with Crippen LogP contribution >= 0.6 is 0 Å². The van der Waals surface area contributed by atoms with Crippen LogP contribution in [-0.4, -0.2) is 40.0 Å². The Bertz CT molecular complexity index is 429. The Morgan fingerprint density at radius 1 is 1.53 bits per heavy atom. The number of aromatic nitrogens is 2. The minimum Gasteiger partial charge on any atom is -0.480 e. The number of amides is 1. The molecular formula is C13H23N3O3. The molecule has 1 unspecified atom stereocenters. The van der Waals surface area contributed by atoms with Crippen LogP contribution in [-0.2, 0) is 11.8 Å². The van der Waals surface area contributed by atoms with Gasteiger partial charge in [-0.1, -0.05) is 6.92 Å². The van der Waals surface area contributed by atoms with Gasteiger partial charge in [0.15, 0.2) is 12.4 Å². The number of carbonyl (C=O) groups is 1. The summed E-state index contributed by atoms with van der Waals surface area (Å²) in [6.45, 7) is 5.75. The molecule has 1 aromatic rings. The van der Waals surface area contributed by atoms with E-state index < -0.39 is 0 Å². The number of nitrogens with zero attached hydrogens (tertiary/aromatic N) is 2. The van der Waals surface area contributed by atoms with Crippen LogP contribution in [0.25, 0.3) is 0 Å². The van der Waals surface area contributed by atoms with Crippen molar-refractivity contribution in [3.63, 3.8) is 0 Å². The zero-order chi connectivity index (χ0) is 14.4. The van der Waals surface area contributed by atoms with E-state index in [0.29, 0.717) is 12.2 Å². The summed E-state index contributed by atoms with van der Waals surface area (Å²) in [5, 5.41) is 15.9. The highest BCUT2D eigenvalue weighted by Gasteiger charge is 2.14. The third-order valence-electron chi connectivity index (χ3n) is 3.13. The molecule has 1 amide bonds. The normalized spacial score (nSPS) is 12.3. The van der Waals surface area contributed by atoms with Crippen molar-refractivity contribution in [3.8, 4) is 5.75 Å². The maximum atomic E-state index is 11.7. The number of nitrogens with one attached hydrogen (secondary N) is 1.